The minimum absolute atomic E-state index is 0.000365. The molecule has 0 saturated carbocycles. The Hall–Kier alpha value is -3.60. The maximum atomic E-state index is 13.6. The van der Waals surface area contributed by atoms with Crippen LogP contribution in [0.2, 0.25) is 0 Å². The van der Waals surface area contributed by atoms with Gasteiger partial charge in [-0.1, -0.05) is 17.4 Å². The van der Waals surface area contributed by atoms with Crippen LogP contribution in [0.25, 0.3) is 10.4 Å². The van der Waals surface area contributed by atoms with Crippen LogP contribution in [-0.2, 0) is 26.1 Å². The third-order valence-corrected chi connectivity index (χ3v) is 10.2. The summed E-state index contributed by atoms with van der Waals surface area (Å²) in [6, 6.07) is 5.46. The van der Waals surface area contributed by atoms with E-state index in [1.54, 1.807) is 36.1 Å². The summed E-state index contributed by atoms with van der Waals surface area (Å²) in [6.07, 6.45) is -3.47. The summed E-state index contributed by atoms with van der Waals surface area (Å²) in [7, 11) is -4.30. The zero-order valence-corrected chi connectivity index (χ0v) is 24.7. The fraction of sp³-hybridized carbons (Fsp3) is 0.407. The fourth-order valence-corrected chi connectivity index (χ4v) is 7.65. The number of benzene rings is 1. The lowest BCUT2D eigenvalue weighted by Crippen LogP contribution is -2.48. The molecule has 228 valence electrons. The molecule has 1 aromatic carbocycles. The van der Waals surface area contributed by atoms with Crippen molar-refractivity contribution in [1.29, 1.82) is 0 Å². The topological polar surface area (TPSA) is 134 Å². The van der Waals surface area contributed by atoms with Crippen LogP contribution in [0.4, 0.5) is 29.9 Å². The van der Waals surface area contributed by atoms with E-state index in [2.05, 4.69) is 20.0 Å². The number of sulfonamides is 1. The highest BCUT2D eigenvalue weighted by molar-refractivity contribution is 7.89. The quantitative estimate of drug-likeness (QED) is 0.380. The van der Waals surface area contributed by atoms with E-state index in [0.29, 0.717) is 50.8 Å². The molecule has 2 N–H and O–H groups in total. The molecular formula is C27H27F3N6O5S2. The molecular weight excluding hydrogens is 609 g/mol. The number of amides is 2. The van der Waals surface area contributed by atoms with Crippen molar-refractivity contribution >= 4 is 49.9 Å². The smallest absolute Gasteiger partial charge is 0.378 e. The lowest BCUT2D eigenvalue weighted by Gasteiger charge is -2.27. The molecule has 0 radical (unpaired) electrons. The lowest BCUT2D eigenvalue weighted by molar-refractivity contribution is -0.172. The fourth-order valence-electron chi connectivity index (χ4n) is 5.22. The van der Waals surface area contributed by atoms with E-state index in [0.717, 1.165) is 13.3 Å². The molecule has 16 heteroatoms. The molecule has 2 fully saturated rings. The Morgan fingerprint density at radius 1 is 1.16 bits per heavy atom. The molecule has 1 atom stereocenters. The first-order chi connectivity index (χ1) is 20.3. The average Bonchev–Trinajstić information content (AvgIpc) is 3.61. The normalized spacial score (nSPS) is 18.3. The molecule has 0 spiro atoms. The average molecular weight is 637 g/mol. The van der Waals surface area contributed by atoms with E-state index in [9.17, 15) is 31.2 Å². The first-order valence-corrected chi connectivity index (χ1v) is 15.8. The number of hydrogen-bond acceptors (Lipinski definition) is 9. The number of alkyl halides is 3. The van der Waals surface area contributed by atoms with Gasteiger partial charge >= 0.3 is 6.18 Å². The number of fused-ring (bicyclic) bond motifs is 1. The standard InChI is InChI=1S/C27H27F3N6O5S2/c1-14-24(42-26(31-14)33-20-5-3-6-21(32-20)35-8-4-7-22(35)37)16-9-17-11-36(15(2)27(28,29)30)25(38)23(17)19(10-16)43(39,40)34-18-12-41-13-18/h3,5-6,9-10,15,18,34H,4,7-8,11-13H2,1-2H3,(H,31,32,33). The van der Waals surface area contributed by atoms with E-state index in [1.165, 1.54) is 17.4 Å². The van der Waals surface area contributed by atoms with E-state index in [4.69, 9.17) is 4.74 Å². The van der Waals surface area contributed by atoms with Gasteiger partial charge in [0, 0.05) is 19.5 Å². The molecule has 2 amide bonds. The highest BCUT2D eigenvalue weighted by Crippen LogP contribution is 2.41. The van der Waals surface area contributed by atoms with Gasteiger partial charge in [-0.3, -0.25) is 14.5 Å². The van der Waals surface area contributed by atoms with Crippen molar-refractivity contribution in [2.75, 3.05) is 30.0 Å². The van der Waals surface area contributed by atoms with Crippen LogP contribution in [0.5, 0.6) is 0 Å². The molecule has 2 aromatic heterocycles. The number of ether oxygens (including phenoxy) is 1. The van der Waals surface area contributed by atoms with Crippen LogP contribution in [0.15, 0.2) is 35.2 Å². The summed E-state index contributed by atoms with van der Waals surface area (Å²) >= 11 is 1.20. The zero-order chi connectivity index (χ0) is 30.7. The van der Waals surface area contributed by atoms with Crippen LogP contribution in [0, 0.1) is 6.92 Å². The Morgan fingerprint density at radius 2 is 1.93 bits per heavy atom. The van der Waals surface area contributed by atoms with E-state index >= 15 is 0 Å². The number of nitrogens with zero attached hydrogens (tertiary/aromatic N) is 4. The molecule has 0 aliphatic carbocycles. The van der Waals surface area contributed by atoms with Crippen molar-refractivity contribution in [2.24, 2.45) is 0 Å². The summed E-state index contributed by atoms with van der Waals surface area (Å²) in [5.74, 6) is -0.0343. The van der Waals surface area contributed by atoms with E-state index < -0.39 is 40.7 Å². The largest absolute Gasteiger partial charge is 0.408 e. The first kappa shape index (κ1) is 29.5. The minimum atomic E-state index is -4.69. The number of aromatic nitrogens is 2. The lowest BCUT2D eigenvalue weighted by atomic mass is 10.0. The third-order valence-electron chi connectivity index (χ3n) is 7.57. The van der Waals surface area contributed by atoms with Gasteiger partial charge in [-0.2, -0.15) is 13.2 Å². The van der Waals surface area contributed by atoms with Gasteiger partial charge in [0.25, 0.3) is 5.91 Å². The van der Waals surface area contributed by atoms with Gasteiger partial charge < -0.3 is 15.0 Å². The molecule has 6 rings (SSSR count). The molecule has 2 saturated heterocycles. The van der Waals surface area contributed by atoms with Crippen molar-refractivity contribution in [3.8, 4) is 10.4 Å². The minimum Gasteiger partial charge on any atom is -0.378 e. The second kappa shape index (κ2) is 10.8. The molecule has 3 aliphatic heterocycles. The number of anilines is 3. The SMILES string of the molecule is Cc1nc(Nc2cccc(N3CCCC3=O)n2)sc1-c1cc2c(c(S(=O)(=O)NC3COC3)c1)C(=O)N(C(C)C(F)(F)F)C2. The summed E-state index contributed by atoms with van der Waals surface area (Å²) in [6.45, 7) is 3.08. The van der Waals surface area contributed by atoms with Gasteiger partial charge in [0.2, 0.25) is 15.9 Å². The number of thiazole rings is 1. The van der Waals surface area contributed by atoms with Crippen LogP contribution in [0.1, 0.15) is 41.4 Å². The van der Waals surface area contributed by atoms with Gasteiger partial charge in [-0.25, -0.2) is 23.1 Å². The highest BCUT2D eigenvalue weighted by Gasteiger charge is 2.47. The van der Waals surface area contributed by atoms with Crippen molar-refractivity contribution < 1.29 is 35.9 Å². The number of carbonyl (C=O) groups is 2. The van der Waals surface area contributed by atoms with Gasteiger partial charge in [0.05, 0.1) is 40.3 Å². The molecule has 1 unspecified atom stereocenters. The zero-order valence-electron chi connectivity index (χ0n) is 23.1. The Kier molecular flexibility index (Phi) is 7.43. The van der Waals surface area contributed by atoms with Crippen molar-refractivity contribution in [2.45, 2.75) is 56.4 Å². The Labute approximate surface area is 249 Å². The maximum absolute atomic E-state index is 13.6. The number of halogens is 3. The first-order valence-electron chi connectivity index (χ1n) is 13.5. The second-order valence-electron chi connectivity index (χ2n) is 10.6. The number of aryl methyl sites for hydroxylation is 1. The maximum Gasteiger partial charge on any atom is 0.408 e. The summed E-state index contributed by atoms with van der Waals surface area (Å²) in [4.78, 5) is 36.9. The van der Waals surface area contributed by atoms with Crippen LogP contribution < -0.4 is 14.9 Å². The van der Waals surface area contributed by atoms with Gasteiger partial charge in [0.15, 0.2) is 5.13 Å². The molecule has 11 nitrogen and oxygen atoms in total. The molecule has 5 heterocycles. The molecule has 43 heavy (non-hydrogen) atoms. The summed E-state index contributed by atoms with van der Waals surface area (Å²) < 4.78 is 75.3. The number of nitrogens with one attached hydrogen (secondary N) is 2. The summed E-state index contributed by atoms with van der Waals surface area (Å²) in [5.41, 5.74) is 0.832. The number of pyridine rings is 1. The number of carbonyl (C=O) groups excluding carboxylic acids is 2. The van der Waals surface area contributed by atoms with E-state index in [1.807, 2.05) is 0 Å². The second-order valence-corrected chi connectivity index (χ2v) is 13.3. The van der Waals surface area contributed by atoms with Crippen molar-refractivity contribution in [3.05, 3.63) is 47.2 Å². The number of hydrogen-bond donors (Lipinski definition) is 2. The predicted octanol–water partition coefficient (Wildman–Crippen LogP) is 3.97. The van der Waals surface area contributed by atoms with Crippen molar-refractivity contribution in [1.82, 2.24) is 19.6 Å². The predicted molar refractivity (Wildman–Crippen MR) is 152 cm³/mol. The molecule has 0 bridgehead atoms. The van der Waals surface area contributed by atoms with Crippen LogP contribution in [0.3, 0.4) is 0 Å². The number of rotatable bonds is 8. The Morgan fingerprint density at radius 3 is 2.58 bits per heavy atom. The van der Waals surface area contributed by atoms with E-state index in [-0.39, 0.29) is 35.1 Å². The highest BCUT2D eigenvalue weighted by atomic mass is 32.2. The van der Waals surface area contributed by atoms with Gasteiger partial charge in [0.1, 0.15) is 17.7 Å². The molecule has 3 aliphatic rings. The van der Waals surface area contributed by atoms with Crippen molar-refractivity contribution in [3.63, 3.8) is 0 Å². The van der Waals surface area contributed by atoms with Crippen LogP contribution in [-0.4, -0.2) is 73.1 Å². The van der Waals surface area contributed by atoms with Gasteiger partial charge in [-0.15, -0.1) is 0 Å². The van der Waals surface area contributed by atoms with Gasteiger partial charge in [-0.05, 0) is 55.7 Å². The molecule has 3 aromatic rings. The summed E-state index contributed by atoms with van der Waals surface area (Å²) in [5, 5.41) is 3.56. The van der Waals surface area contributed by atoms with Crippen LogP contribution >= 0.6 is 11.3 Å². The Balaban J connectivity index is 1.36. The third kappa shape index (κ3) is 5.59. The Bertz CT molecular complexity index is 1720. The monoisotopic (exact) mass is 636 g/mol.